The Labute approximate surface area is 121 Å². The van der Waals surface area contributed by atoms with E-state index in [-0.39, 0.29) is 11.1 Å². The lowest BCUT2D eigenvalue weighted by Gasteiger charge is -2.07. The molecule has 2 rings (SSSR count). The molecule has 0 aliphatic rings. The number of carboxylic acids is 1. The Morgan fingerprint density at radius 2 is 2.05 bits per heavy atom. The van der Waals surface area contributed by atoms with E-state index in [2.05, 4.69) is 5.10 Å². The topological polar surface area (TPSA) is 81.4 Å². The van der Waals surface area contributed by atoms with Crippen LogP contribution in [0.2, 0.25) is 0 Å². The van der Waals surface area contributed by atoms with Crippen LogP contribution in [-0.2, 0) is 6.54 Å². The quantitative estimate of drug-likeness (QED) is 0.818. The van der Waals surface area contributed by atoms with Gasteiger partial charge in [-0.25, -0.2) is 9.48 Å². The smallest absolute Gasteiger partial charge is 0.335 e. The molecule has 0 bridgehead atoms. The Morgan fingerprint density at radius 1 is 1.33 bits per heavy atom. The maximum atomic E-state index is 11.6. The van der Waals surface area contributed by atoms with E-state index in [1.165, 1.54) is 16.8 Å². The van der Waals surface area contributed by atoms with Crippen LogP contribution < -0.4 is 10.3 Å². The molecule has 0 saturated carbocycles. The second-order valence-electron chi connectivity index (χ2n) is 4.63. The van der Waals surface area contributed by atoms with E-state index in [1.807, 2.05) is 6.92 Å². The van der Waals surface area contributed by atoms with Crippen molar-refractivity contribution >= 4 is 5.97 Å². The minimum atomic E-state index is -0.966. The van der Waals surface area contributed by atoms with Gasteiger partial charge in [-0.15, -0.1) is 0 Å². The number of carbonyl (C=O) groups is 1. The largest absolute Gasteiger partial charge is 0.494 e. The summed E-state index contributed by atoms with van der Waals surface area (Å²) in [7, 11) is 0. The molecule has 0 unspecified atom stereocenters. The monoisotopic (exact) mass is 288 g/mol. The third kappa shape index (κ3) is 4.17. The van der Waals surface area contributed by atoms with Crippen LogP contribution in [0.15, 0.2) is 41.3 Å². The number of hydrogen-bond acceptors (Lipinski definition) is 4. The number of aromatic nitrogens is 2. The molecule has 1 aromatic carbocycles. The molecule has 6 heteroatoms. The van der Waals surface area contributed by atoms with Crippen molar-refractivity contribution in [3.05, 3.63) is 58.0 Å². The minimum Gasteiger partial charge on any atom is -0.494 e. The van der Waals surface area contributed by atoms with Crippen LogP contribution in [-0.4, -0.2) is 27.5 Å². The number of ether oxygens (including phenoxy) is 1. The summed E-state index contributed by atoms with van der Waals surface area (Å²) in [6.45, 7) is 2.73. The lowest BCUT2D eigenvalue weighted by molar-refractivity contribution is 0.0697. The van der Waals surface area contributed by atoms with Gasteiger partial charge in [0.2, 0.25) is 0 Å². The summed E-state index contributed by atoms with van der Waals surface area (Å²) in [4.78, 5) is 22.3. The van der Waals surface area contributed by atoms with Gasteiger partial charge in [-0.1, -0.05) is 0 Å². The molecule has 0 spiro atoms. The maximum absolute atomic E-state index is 11.6. The summed E-state index contributed by atoms with van der Waals surface area (Å²) >= 11 is 0. The molecule has 0 aliphatic carbocycles. The number of hydrogen-bond donors (Lipinski definition) is 1. The zero-order valence-electron chi connectivity index (χ0n) is 11.7. The highest BCUT2D eigenvalue weighted by Gasteiger charge is 2.02. The van der Waals surface area contributed by atoms with Crippen molar-refractivity contribution < 1.29 is 14.6 Å². The predicted octanol–water partition coefficient (Wildman–Crippen LogP) is 1.72. The number of rotatable bonds is 6. The fourth-order valence-corrected chi connectivity index (χ4v) is 1.79. The highest BCUT2D eigenvalue weighted by Crippen LogP contribution is 2.12. The predicted molar refractivity (Wildman–Crippen MR) is 76.7 cm³/mol. The van der Waals surface area contributed by atoms with Crippen LogP contribution >= 0.6 is 0 Å². The van der Waals surface area contributed by atoms with Crippen LogP contribution in [0.5, 0.6) is 5.75 Å². The van der Waals surface area contributed by atoms with Gasteiger partial charge < -0.3 is 9.84 Å². The Morgan fingerprint density at radius 3 is 2.67 bits per heavy atom. The van der Waals surface area contributed by atoms with Gasteiger partial charge in [0.1, 0.15) is 5.75 Å². The van der Waals surface area contributed by atoms with E-state index in [0.29, 0.717) is 25.3 Å². The number of carboxylic acid groups (broad SMARTS) is 1. The third-order valence-corrected chi connectivity index (χ3v) is 2.89. The second kappa shape index (κ2) is 6.69. The fraction of sp³-hybridized carbons (Fsp3) is 0.267. The van der Waals surface area contributed by atoms with Gasteiger partial charge in [0.05, 0.1) is 18.4 Å². The number of nitrogens with zero attached hydrogens (tertiary/aromatic N) is 2. The normalized spacial score (nSPS) is 10.3. The van der Waals surface area contributed by atoms with Gasteiger partial charge in [-0.05, 0) is 36.8 Å². The summed E-state index contributed by atoms with van der Waals surface area (Å²) in [6, 6.07) is 7.74. The lowest BCUT2D eigenvalue weighted by atomic mass is 10.2. The van der Waals surface area contributed by atoms with E-state index in [9.17, 15) is 9.59 Å². The van der Waals surface area contributed by atoms with Gasteiger partial charge >= 0.3 is 5.97 Å². The van der Waals surface area contributed by atoms with Gasteiger partial charge in [0, 0.05) is 19.0 Å². The lowest BCUT2D eigenvalue weighted by Crippen LogP contribution is -2.23. The Hall–Kier alpha value is -2.63. The average Bonchev–Trinajstić information content (AvgIpc) is 2.46. The van der Waals surface area contributed by atoms with Crippen LogP contribution in [0, 0.1) is 6.92 Å². The van der Waals surface area contributed by atoms with Gasteiger partial charge in [-0.3, -0.25) is 4.79 Å². The van der Waals surface area contributed by atoms with E-state index in [4.69, 9.17) is 9.84 Å². The van der Waals surface area contributed by atoms with E-state index >= 15 is 0 Å². The standard InChI is InChI=1S/C15H16N2O4/c1-11-9-14(18)17(16-10-11)7-2-8-21-13-5-3-12(4-6-13)15(19)20/h3-6,9-10H,2,7-8H2,1H3,(H,19,20). The van der Waals surface area contributed by atoms with Crippen molar-refractivity contribution in [3.63, 3.8) is 0 Å². The molecule has 0 aliphatic heterocycles. The minimum absolute atomic E-state index is 0.124. The summed E-state index contributed by atoms with van der Waals surface area (Å²) in [5.41, 5.74) is 0.935. The molecule has 1 aromatic heterocycles. The van der Waals surface area contributed by atoms with Crippen LogP contribution in [0.25, 0.3) is 0 Å². The number of aryl methyl sites for hydroxylation is 2. The summed E-state index contributed by atoms with van der Waals surface area (Å²) < 4.78 is 6.88. The first-order valence-corrected chi connectivity index (χ1v) is 6.56. The SMILES string of the molecule is Cc1cnn(CCCOc2ccc(C(=O)O)cc2)c(=O)c1. The molecular formula is C15H16N2O4. The average molecular weight is 288 g/mol. The Kier molecular flexibility index (Phi) is 4.71. The van der Waals surface area contributed by atoms with Crippen molar-refractivity contribution in [2.75, 3.05) is 6.61 Å². The Balaban J connectivity index is 1.81. The van der Waals surface area contributed by atoms with Gasteiger partial charge in [0.25, 0.3) is 5.56 Å². The Bertz CT molecular complexity index is 677. The van der Waals surface area contributed by atoms with Crippen LogP contribution in [0.4, 0.5) is 0 Å². The molecule has 0 atom stereocenters. The van der Waals surface area contributed by atoms with Crippen molar-refractivity contribution in [1.82, 2.24) is 9.78 Å². The summed E-state index contributed by atoms with van der Waals surface area (Å²) in [6.07, 6.45) is 2.28. The molecule has 21 heavy (non-hydrogen) atoms. The molecule has 0 saturated heterocycles. The molecule has 6 nitrogen and oxygen atoms in total. The van der Waals surface area contributed by atoms with Crippen molar-refractivity contribution in [2.24, 2.45) is 0 Å². The van der Waals surface area contributed by atoms with Gasteiger partial charge in [-0.2, -0.15) is 5.10 Å². The fourth-order valence-electron chi connectivity index (χ4n) is 1.79. The first-order valence-electron chi connectivity index (χ1n) is 6.56. The van der Waals surface area contributed by atoms with Crippen molar-refractivity contribution in [3.8, 4) is 5.75 Å². The molecule has 0 radical (unpaired) electrons. The first kappa shape index (κ1) is 14.8. The van der Waals surface area contributed by atoms with E-state index in [0.717, 1.165) is 5.56 Å². The van der Waals surface area contributed by atoms with Crippen LogP contribution in [0.3, 0.4) is 0 Å². The highest BCUT2D eigenvalue weighted by molar-refractivity contribution is 5.87. The third-order valence-electron chi connectivity index (χ3n) is 2.89. The highest BCUT2D eigenvalue weighted by atomic mass is 16.5. The number of aromatic carboxylic acids is 1. The van der Waals surface area contributed by atoms with Crippen molar-refractivity contribution in [2.45, 2.75) is 19.9 Å². The molecule has 1 heterocycles. The van der Waals surface area contributed by atoms with E-state index in [1.54, 1.807) is 24.4 Å². The number of benzene rings is 1. The summed E-state index contributed by atoms with van der Waals surface area (Å²) in [5.74, 6) is -0.365. The molecular weight excluding hydrogens is 272 g/mol. The van der Waals surface area contributed by atoms with Gasteiger partial charge in [0.15, 0.2) is 0 Å². The van der Waals surface area contributed by atoms with E-state index < -0.39 is 5.97 Å². The summed E-state index contributed by atoms with van der Waals surface area (Å²) in [5, 5.41) is 12.8. The molecule has 0 fully saturated rings. The van der Waals surface area contributed by atoms with Crippen LogP contribution in [0.1, 0.15) is 22.3 Å². The second-order valence-corrected chi connectivity index (χ2v) is 4.63. The molecule has 110 valence electrons. The molecule has 0 amide bonds. The maximum Gasteiger partial charge on any atom is 0.335 e. The zero-order chi connectivity index (χ0) is 15.2. The zero-order valence-corrected chi connectivity index (χ0v) is 11.7. The first-order chi connectivity index (χ1) is 10.1. The van der Waals surface area contributed by atoms with Crippen molar-refractivity contribution in [1.29, 1.82) is 0 Å². The molecule has 2 aromatic rings. The molecule has 1 N–H and O–H groups in total.